The Labute approximate surface area is 141 Å². The molecule has 1 heterocycles. The van der Waals surface area contributed by atoms with Crippen molar-refractivity contribution in [2.45, 2.75) is 13.3 Å². The fourth-order valence-corrected chi connectivity index (χ4v) is 2.12. The van der Waals surface area contributed by atoms with Crippen LogP contribution in [0.1, 0.15) is 34.1 Å². The first kappa shape index (κ1) is 17.6. The van der Waals surface area contributed by atoms with Gasteiger partial charge in [0.2, 0.25) is 0 Å². The maximum atomic E-state index is 12.1. The normalized spacial score (nSPS) is 10.2. The fourth-order valence-electron chi connectivity index (χ4n) is 2.12. The van der Waals surface area contributed by atoms with Crippen molar-refractivity contribution >= 4 is 23.2 Å². The number of benzene rings is 1. The molecule has 0 saturated heterocycles. The number of carbonyl (C=O) groups excluding carboxylic acids is 2. The number of Topliss-reactive ketones (excluding diaryl/α,β-unsaturated/α-hetero) is 1. The van der Waals surface area contributed by atoms with Crippen molar-refractivity contribution in [1.82, 2.24) is 10.3 Å². The first-order valence-corrected chi connectivity index (χ1v) is 7.71. The average Bonchev–Trinajstić information content (AvgIpc) is 2.59. The summed E-state index contributed by atoms with van der Waals surface area (Å²) in [5.74, 6) is 0.380. The van der Waals surface area contributed by atoms with Gasteiger partial charge in [-0.05, 0) is 37.6 Å². The van der Waals surface area contributed by atoms with E-state index >= 15 is 0 Å². The molecule has 0 unspecified atom stereocenters. The summed E-state index contributed by atoms with van der Waals surface area (Å²) >= 11 is 0. The van der Waals surface area contributed by atoms with Crippen molar-refractivity contribution in [2.75, 3.05) is 25.6 Å². The fraction of sp³-hybridized carbons (Fsp3) is 0.278. The number of rotatable bonds is 8. The van der Waals surface area contributed by atoms with Gasteiger partial charge in [-0.25, -0.2) is 4.98 Å². The zero-order chi connectivity index (χ0) is 17.4. The maximum absolute atomic E-state index is 12.1. The highest BCUT2D eigenvalue weighted by molar-refractivity contribution is 5.96. The lowest BCUT2D eigenvalue weighted by molar-refractivity contribution is 0.0947. The summed E-state index contributed by atoms with van der Waals surface area (Å²) in [6.45, 7) is 2.68. The van der Waals surface area contributed by atoms with Crippen LogP contribution in [0.4, 0.5) is 11.5 Å². The van der Waals surface area contributed by atoms with Gasteiger partial charge in [0, 0.05) is 43.3 Å². The molecule has 0 aliphatic rings. The van der Waals surface area contributed by atoms with Gasteiger partial charge >= 0.3 is 0 Å². The number of methoxy groups -OCH3 is 1. The molecule has 24 heavy (non-hydrogen) atoms. The topological polar surface area (TPSA) is 80.3 Å². The smallest absolute Gasteiger partial charge is 0.251 e. The molecule has 0 spiro atoms. The van der Waals surface area contributed by atoms with E-state index in [1.165, 1.54) is 6.92 Å². The number of hydrogen-bond donors (Lipinski definition) is 2. The molecule has 6 nitrogen and oxygen atoms in total. The van der Waals surface area contributed by atoms with Gasteiger partial charge in [0.25, 0.3) is 5.91 Å². The third-order valence-electron chi connectivity index (χ3n) is 3.37. The third-order valence-corrected chi connectivity index (χ3v) is 3.37. The van der Waals surface area contributed by atoms with E-state index in [0.29, 0.717) is 30.1 Å². The monoisotopic (exact) mass is 327 g/mol. The molecular formula is C18H21N3O3. The molecule has 0 atom stereocenters. The van der Waals surface area contributed by atoms with Gasteiger partial charge < -0.3 is 15.4 Å². The molecule has 2 aromatic rings. The summed E-state index contributed by atoms with van der Waals surface area (Å²) < 4.78 is 4.95. The van der Waals surface area contributed by atoms with E-state index < -0.39 is 0 Å². The predicted octanol–water partition coefficient (Wildman–Crippen LogP) is 2.79. The first-order chi connectivity index (χ1) is 11.6. The summed E-state index contributed by atoms with van der Waals surface area (Å²) in [5.41, 5.74) is 1.88. The Morgan fingerprint density at radius 2 is 2.00 bits per heavy atom. The molecule has 6 heteroatoms. The molecule has 0 radical (unpaired) electrons. The standard InChI is InChI=1S/C18H21N3O3/c1-13(22)14-5-3-6-16(11-14)21-17-12-15(7-9-19-17)18(23)20-8-4-10-24-2/h3,5-7,9,11-12H,4,8,10H2,1-2H3,(H,19,21)(H,20,23). The summed E-state index contributed by atoms with van der Waals surface area (Å²) in [4.78, 5) is 27.7. The summed E-state index contributed by atoms with van der Waals surface area (Å²) in [6, 6.07) is 10.5. The Balaban J connectivity index is 2.03. The van der Waals surface area contributed by atoms with Gasteiger partial charge in [-0.15, -0.1) is 0 Å². The minimum absolute atomic E-state index is 0.00389. The lowest BCUT2D eigenvalue weighted by Crippen LogP contribution is -2.25. The van der Waals surface area contributed by atoms with Crippen LogP contribution in [0.25, 0.3) is 0 Å². The van der Waals surface area contributed by atoms with E-state index in [1.54, 1.807) is 43.6 Å². The van der Waals surface area contributed by atoms with Gasteiger partial charge in [0.1, 0.15) is 5.82 Å². The number of hydrogen-bond acceptors (Lipinski definition) is 5. The summed E-state index contributed by atoms with van der Waals surface area (Å²) in [7, 11) is 1.63. The van der Waals surface area contributed by atoms with E-state index in [-0.39, 0.29) is 11.7 Å². The highest BCUT2D eigenvalue weighted by Gasteiger charge is 2.07. The molecule has 0 bridgehead atoms. The number of nitrogens with zero attached hydrogens (tertiary/aromatic N) is 1. The second-order valence-electron chi connectivity index (χ2n) is 5.29. The van der Waals surface area contributed by atoms with Gasteiger partial charge in [-0.3, -0.25) is 9.59 Å². The molecule has 1 aromatic carbocycles. The largest absolute Gasteiger partial charge is 0.385 e. The number of nitrogens with one attached hydrogen (secondary N) is 2. The van der Waals surface area contributed by atoms with Crippen LogP contribution in [0, 0.1) is 0 Å². The summed E-state index contributed by atoms with van der Waals surface area (Å²) in [6.07, 6.45) is 2.33. The van der Waals surface area contributed by atoms with Crippen LogP contribution in [-0.2, 0) is 4.74 Å². The predicted molar refractivity (Wildman–Crippen MR) is 92.8 cm³/mol. The molecule has 1 aromatic heterocycles. The third kappa shape index (κ3) is 5.17. The molecule has 2 N–H and O–H groups in total. The first-order valence-electron chi connectivity index (χ1n) is 7.71. The van der Waals surface area contributed by atoms with E-state index in [4.69, 9.17) is 4.74 Å². The zero-order valence-corrected chi connectivity index (χ0v) is 13.8. The van der Waals surface area contributed by atoms with Crippen LogP contribution in [0.3, 0.4) is 0 Å². The van der Waals surface area contributed by atoms with Crippen LogP contribution in [0.2, 0.25) is 0 Å². The van der Waals surface area contributed by atoms with Crippen molar-refractivity contribution < 1.29 is 14.3 Å². The number of carbonyl (C=O) groups is 2. The molecular weight excluding hydrogens is 306 g/mol. The van der Waals surface area contributed by atoms with Crippen molar-refractivity contribution in [3.05, 3.63) is 53.7 Å². The van der Waals surface area contributed by atoms with Gasteiger partial charge in [-0.2, -0.15) is 0 Å². The van der Waals surface area contributed by atoms with Gasteiger partial charge in [-0.1, -0.05) is 12.1 Å². The number of ether oxygens (including phenoxy) is 1. The van der Waals surface area contributed by atoms with Crippen molar-refractivity contribution in [3.63, 3.8) is 0 Å². The Kier molecular flexibility index (Phi) is 6.45. The van der Waals surface area contributed by atoms with Crippen molar-refractivity contribution in [2.24, 2.45) is 0 Å². The molecule has 0 fully saturated rings. The maximum Gasteiger partial charge on any atom is 0.251 e. The number of aromatic nitrogens is 1. The summed E-state index contributed by atoms with van der Waals surface area (Å²) in [5, 5.41) is 5.94. The number of amides is 1. The molecule has 0 aliphatic heterocycles. The Bertz CT molecular complexity index is 716. The van der Waals surface area contributed by atoms with E-state index in [1.807, 2.05) is 6.07 Å². The quantitative estimate of drug-likeness (QED) is 0.576. The second kappa shape index (κ2) is 8.79. The number of pyridine rings is 1. The van der Waals surface area contributed by atoms with Gasteiger partial charge in [0.05, 0.1) is 0 Å². The lowest BCUT2D eigenvalue weighted by Gasteiger charge is -2.09. The van der Waals surface area contributed by atoms with Crippen molar-refractivity contribution in [3.8, 4) is 0 Å². The lowest BCUT2D eigenvalue weighted by atomic mass is 10.1. The van der Waals surface area contributed by atoms with E-state index in [2.05, 4.69) is 15.6 Å². The highest BCUT2D eigenvalue weighted by atomic mass is 16.5. The highest BCUT2D eigenvalue weighted by Crippen LogP contribution is 2.17. The molecule has 126 valence electrons. The van der Waals surface area contributed by atoms with Crippen LogP contribution in [-0.4, -0.2) is 36.9 Å². The minimum atomic E-state index is -0.158. The van der Waals surface area contributed by atoms with E-state index in [0.717, 1.165) is 12.1 Å². The van der Waals surface area contributed by atoms with Gasteiger partial charge in [0.15, 0.2) is 5.78 Å². The van der Waals surface area contributed by atoms with Crippen LogP contribution in [0.5, 0.6) is 0 Å². The Morgan fingerprint density at radius 1 is 1.17 bits per heavy atom. The number of ketones is 1. The Morgan fingerprint density at radius 3 is 2.75 bits per heavy atom. The van der Waals surface area contributed by atoms with Crippen LogP contribution in [0.15, 0.2) is 42.6 Å². The van der Waals surface area contributed by atoms with Crippen LogP contribution < -0.4 is 10.6 Å². The SMILES string of the molecule is COCCCNC(=O)c1ccnc(Nc2cccc(C(C)=O)c2)c1. The number of anilines is 2. The average molecular weight is 327 g/mol. The Hall–Kier alpha value is -2.73. The second-order valence-corrected chi connectivity index (χ2v) is 5.29. The molecule has 1 amide bonds. The minimum Gasteiger partial charge on any atom is -0.385 e. The zero-order valence-electron chi connectivity index (χ0n) is 13.8. The molecule has 2 rings (SSSR count). The van der Waals surface area contributed by atoms with E-state index in [9.17, 15) is 9.59 Å². The molecule has 0 saturated carbocycles. The van der Waals surface area contributed by atoms with Crippen LogP contribution >= 0.6 is 0 Å². The molecule has 0 aliphatic carbocycles. The van der Waals surface area contributed by atoms with Crippen molar-refractivity contribution in [1.29, 1.82) is 0 Å².